The maximum Gasteiger partial charge on any atom is 0.313 e. The van der Waals surface area contributed by atoms with E-state index in [-0.39, 0.29) is 11.9 Å². The van der Waals surface area contributed by atoms with E-state index >= 15 is 0 Å². The van der Waals surface area contributed by atoms with E-state index in [1.165, 1.54) is 0 Å². The van der Waals surface area contributed by atoms with Gasteiger partial charge in [0.05, 0.1) is 24.2 Å². The van der Waals surface area contributed by atoms with Crippen LogP contribution in [0.5, 0.6) is 0 Å². The predicted octanol–water partition coefficient (Wildman–Crippen LogP) is 2.22. The number of carbonyl (C=O) groups excluding carboxylic acids is 1. The number of esters is 1. The average Bonchev–Trinajstić information content (AvgIpc) is 2.28. The molecule has 15 heavy (non-hydrogen) atoms. The van der Waals surface area contributed by atoms with Crippen molar-refractivity contribution in [1.29, 1.82) is 5.26 Å². The van der Waals surface area contributed by atoms with Crippen molar-refractivity contribution in [3.63, 3.8) is 0 Å². The van der Waals surface area contributed by atoms with Crippen LogP contribution in [0.1, 0.15) is 30.9 Å². The zero-order chi connectivity index (χ0) is 11.3. The largest absolute Gasteiger partial charge is 0.466 e. The summed E-state index contributed by atoms with van der Waals surface area (Å²) < 4.78 is 4.91. The molecule has 0 aromatic heterocycles. The molecule has 0 aliphatic heterocycles. The van der Waals surface area contributed by atoms with Gasteiger partial charge in [-0.25, -0.2) is 0 Å². The SMILES string of the molecule is CCOC(=O)C(C)c1ccccc1C#N. The molecule has 0 fully saturated rings. The zero-order valence-electron chi connectivity index (χ0n) is 8.86. The quantitative estimate of drug-likeness (QED) is 0.708. The normalized spacial score (nSPS) is 11.5. The lowest BCUT2D eigenvalue weighted by Gasteiger charge is -2.11. The third-order valence-corrected chi connectivity index (χ3v) is 2.19. The molecular weight excluding hydrogens is 190 g/mol. The summed E-state index contributed by atoms with van der Waals surface area (Å²) in [7, 11) is 0. The summed E-state index contributed by atoms with van der Waals surface area (Å²) in [4.78, 5) is 11.5. The van der Waals surface area contributed by atoms with E-state index < -0.39 is 0 Å². The fourth-order valence-corrected chi connectivity index (χ4v) is 1.37. The van der Waals surface area contributed by atoms with Gasteiger partial charge in [0.2, 0.25) is 0 Å². The Kier molecular flexibility index (Phi) is 3.87. The lowest BCUT2D eigenvalue weighted by atomic mass is 9.96. The summed E-state index contributed by atoms with van der Waals surface area (Å²) in [6.45, 7) is 3.87. The van der Waals surface area contributed by atoms with Crippen LogP contribution >= 0.6 is 0 Å². The van der Waals surface area contributed by atoms with E-state index in [2.05, 4.69) is 6.07 Å². The second-order valence-electron chi connectivity index (χ2n) is 3.17. The molecule has 1 aromatic carbocycles. The van der Waals surface area contributed by atoms with Gasteiger partial charge in [0.25, 0.3) is 0 Å². The molecule has 1 unspecified atom stereocenters. The Balaban J connectivity index is 2.96. The van der Waals surface area contributed by atoms with E-state index in [1.807, 2.05) is 6.07 Å². The number of benzene rings is 1. The molecule has 0 radical (unpaired) electrons. The van der Waals surface area contributed by atoms with Crippen LogP contribution in [0.2, 0.25) is 0 Å². The van der Waals surface area contributed by atoms with Crippen LogP contribution in [-0.4, -0.2) is 12.6 Å². The van der Waals surface area contributed by atoms with Gasteiger partial charge in [-0.1, -0.05) is 18.2 Å². The Morgan fingerprint density at radius 3 is 2.80 bits per heavy atom. The van der Waals surface area contributed by atoms with Crippen molar-refractivity contribution in [2.45, 2.75) is 19.8 Å². The highest BCUT2D eigenvalue weighted by atomic mass is 16.5. The summed E-state index contributed by atoms with van der Waals surface area (Å²) in [5.41, 5.74) is 1.25. The first kappa shape index (κ1) is 11.3. The number of hydrogen-bond acceptors (Lipinski definition) is 3. The minimum atomic E-state index is -0.388. The van der Waals surface area contributed by atoms with Crippen molar-refractivity contribution in [1.82, 2.24) is 0 Å². The van der Waals surface area contributed by atoms with E-state index in [0.717, 1.165) is 5.56 Å². The van der Waals surface area contributed by atoms with Crippen molar-refractivity contribution in [2.75, 3.05) is 6.61 Å². The first-order valence-corrected chi connectivity index (χ1v) is 4.86. The molecule has 0 N–H and O–H groups in total. The Labute approximate surface area is 89.3 Å². The zero-order valence-corrected chi connectivity index (χ0v) is 8.86. The fraction of sp³-hybridized carbons (Fsp3) is 0.333. The summed E-state index contributed by atoms with van der Waals surface area (Å²) in [6.07, 6.45) is 0. The van der Waals surface area contributed by atoms with Crippen LogP contribution in [0.3, 0.4) is 0 Å². The molecular formula is C12H13NO2. The number of carbonyl (C=O) groups is 1. The highest BCUT2D eigenvalue weighted by Gasteiger charge is 2.18. The van der Waals surface area contributed by atoms with Gasteiger partial charge in [0.15, 0.2) is 0 Å². The molecule has 3 heteroatoms. The lowest BCUT2D eigenvalue weighted by molar-refractivity contribution is -0.144. The van der Waals surface area contributed by atoms with Gasteiger partial charge in [-0.15, -0.1) is 0 Å². The number of hydrogen-bond donors (Lipinski definition) is 0. The van der Waals surface area contributed by atoms with Crippen molar-refractivity contribution in [3.05, 3.63) is 35.4 Å². The summed E-state index contributed by atoms with van der Waals surface area (Å²) >= 11 is 0. The van der Waals surface area contributed by atoms with Gasteiger partial charge < -0.3 is 4.74 Å². The predicted molar refractivity (Wildman–Crippen MR) is 56.2 cm³/mol. The van der Waals surface area contributed by atoms with Gasteiger partial charge in [-0.2, -0.15) is 5.26 Å². The fourth-order valence-electron chi connectivity index (χ4n) is 1.37. The monoisotopic (exact) mass is 203 g/mol. The number of nitriles is 1. The van der Waals surface area contributed by atoms with Crippen LogP contribution in [0, 0.1) is 11.3 Å². The molecule has 1 rings (SSSR count). The number of nitrogens with zero attached hydrogens (tertiary/aromatic N) is 1. The van der Waals surface area contributed by atoms with E-state index in [4.69, 9.17) is 10.00 Å². The highest BCUT2D eigenvalue weighted by Crippen LogP contribution is 2.20. The first-order valence-electron chi connectivity index (χ1n) is 4.86. The topological polar surface area (TPSA) is 50.1 Å². The lowest BCUT2D eigenvalue weighted by Crippen LogP contribution is -2.14. The van der Waals surface area contributed by atoms with E-state index in [1.54, 1.807) is 32.0 Å². The van der Waals surface area contributed by atoms with Crippen molar-refractivity contribution in [2.24, 2.45) is 0 Å². The number of ether oxygens (including phenoxy) is 1. The highest BCUT2D eigenvalue weighted by molar-refractivity contribution is 5.78. The molecule has 1 aromatic rings. The second-order valence-corrected chi connectivity index (χ2v) is 3.17. The summed E-state index contributed by atoms with van der Waals surface area (Å²) in [6, 6.07) is 9.13. The van der Waals surface area contributed by atoms with Gasteiger partial charge in [0, 0.05) is 0 Å². The van der Waals surface area contributed by atoms with Crippen molar-refractivity contribution < 1.29 is 9.53 Å². The molecule has 1 atom stereocenters. The van der Waals surface area contributed by atoms with E-state index in [9.17, 15) is 4.79 Å². The smallest absolute Gasteiger partial charge is 0.313 e. The standard InChI is InChI=1S/C12H13NO2/c1-3-15-12(14)9(2)11-7-5-4-6-10(11)8-13/h4-7,9H,3H2,1-2H3. The third kappa shape index (κ3) is 2.57. The minimum Gasteiger partial charge on any atom is -0.466 e. The molecule has 0 bridgehead atoms. The van der Waals surface area contributed by atoms with Gasteiger partial charge in [-0.3, -0.25) is 4.79 Å². The molecule has 0 amide bonds. The van der Waals surface area contributed by atoms with Crippen LogP contribution in [-0.2, 0) is 9.53 Å². The van der Waals surface area contributed by atoms with Gasteiger partial charge >= 0.3 is 5.97 Å². The van der Waals surface area contributed by atoms with Crippen LogP contribution in [0.15, 0.2) is 24.3 Å². The first-order chi connectivity index (χ1) is 7.20. The average molecular weight is 203 g/mol. The van der Waals surface area contributed by atoms with Crippen molar-refractivity contribution in [3.8, 4) is 6.07 Å². The Bertz CT molecular complexity index is 393. The molecule has 0 aliphatic rings. The van der Waals surface area contributed by atoms with Gasteiger partial charge in [-0.05, 0) is 25.5 Å². The van der Waals surface area contributed by atoms with Crippen LogP contribution < -0.4 is 0 Å². The Hall–Kier alpha value is -1.82. The van der Waals surface area contributed by atoms with Crippen LogP contribution in [0.4, 0.5) is 0 Å². The Morgan fingerprint density at radius 1 is 1.53 bits per heavy atom. The maximum absolute atomic E-state index is 11.5. The van der Waals surface area contributed by atoms with E-state index in [0.29, 0.717) is 12.2 Å². The summed E-state index contributed by atoms with van der Waals surface area (Å²) in [5, 5.41) is 8.88. The molecule has 0 heterocycles. The molecule has 0 aliphatic carbocycles. The number of rotatable bonds is 3. The second kappa shape index (κ2) is 5.16. The molecule has 0 saturated heterocycles. The Morgan fingerprint density at radius 2 is 2.20 bits per heavy atom. The van der Waals surface area contributed by atoms with Gasteiger partial charge in [0.1, 0.15) is 0 Å². The maximum atomic E-state index is 11.5. The molecule has 0 spiro atoms. The summed E-state index contributed by atoms with van der Waals surface area (Å²) in [5.74, 6) is -0.680. The molecule has 0 saturated carbocycles. The van der Waals surface area contributed by atoms with Crippen molar-refractivity contribution >= 4 is 5.97 Å². The minimum absolute atomic E-state index is 0.291. The third-order valence-electron chi connectivity index (χ3n) is 2.19. The molecule has 78 valence electrons. The van der Waals surface area contributed by atoms with Crippen LogP contribution in [0.25, 0.3) is 0 Å². The molecule has 3 nitrogen and oxygen atoms in total.